The summed E-state index contributed by atoms with van der Waals surface area (Å²) in [5, 5.41) is 19.3. The Bertz CT molecular complexity index is 657. The second-order valence-corrected chi connectivity index (χ2v) is 4.72. The maximum absolute atomic E-state index is 10.3. The second-order valence-electron chi connectivity index (χ2n) is 3.97. The number of thiocarbonyl (C=S) groups is 2. The van der Waals surface area contributed by atoms with Gasteiger partial charge in [-0.25, -0.2) is 0 Å². The first-order valence-corrected chi connectivity index (χ1v) is 6.88. The van der Waals surface area contributed by atoms with Crippen LogP contribution in [0, 0.1) is 10.1 Å². The van der Waals surface area contributed by atoms with Crippen molar-refractivity contribution in [3.8, 4) is 0 Å². The van der Waals surface area contributed by atoms with Crippen molar-refractivity contribution in [2.45, 2.75) is 0 Å². The summed E-state index contributed by atoms with van der Waals surface area (Å²) in [6.07, 6.45) is 0. The zero-order chi connectivity index (χ0) is 16.5. The monoisotopic (exact) mass is 335 g/mol. The zero-order valence-corrected chi connectivity index (χ0v) is 13.3. The highest BCUT2D eigenvalue weighted by Gasteiger charge is 2.06. The second kappa shape index (κ2) is 8.81. The maximum atomic E-state index is 10.3. The summed E-state index contributed by atoms with van der Waals surface area (Å²) in [7, 11) is 1.46. The molecular formula is C15H13NO4S2. The fourth-order valence-electron chi connectivity index (χ4n) is 1.42. The molecule has 0 radical (unpaired) electrons. The molecule has 0 spiro atoms. The standard InChI is InChI=1S/C8H7NO3S.C7H6OS/c1-12-8(13)6-2-4-7(5-3-6)9(10)11;8-7(9)6-4-2-1-3-5-6/h2-5H,1H3;1-5H,(H,8,9). The normalized spacial score (nSPS) is 9.14. The molecule has 0 saturated carbocycles. The Hall–Kier alpha value is -2.38. The third kappa shape index (κ3) is 5.55. The third-order valence-corrected chi connectivity index (χ3v) is 3.16. The number of hydrogen-bond acceptors (Lipinski definition) is 5. The number of nitrogens with zero attached hydrogens (tertiary/aromatic N) is 1. The maximum Gasteiger partial charge on any atom is 0.269 e. The number of non-ortho nitro benzene ring substituents is 1. The lowest BCUT2D eigenvalue weighted by Crippen LogP contribution is -1.99. The van der Waals surface area contributed by atoms with E-state index in [9.17, 15) is 10.1 Å². The lowest BCUT2D eigenvalue weighted by atomic mass is 10.2. The van der Waals surface area contributed by atoms with E-state index in [1.807, 2.05) is 18.2 Å². The SMILES string of the molecule is COC(=S)c1ccc([N+](=O)[O-])cc1.OC(=S)c1ccccc1. The molecule has 7 heteroatoms. The number of ether oxygens (including phenoxy) is 1. The van der Waals surface area contributed by atoms with Crippen LogP contribution in [0.5, 0.6) is 0 Å². The molecule has 0 atom stereocenters. The summed E-state index contributed by atoms with van der Waals surface area (Å²) in [4.78, 5) is 9.83. The average molecular weight is 335 g/mol. The molecule has 0 aliphatic heterocycles. The first-order valence-electron chi connectivity index (χ1n) is 6.07. The van der Waals surface area contributed by atoms with E-state index < -0.39 is 4.92 Å². The van der Waals surface area contributed by atoms with E-state index in [0.717, 1.165) is 0 Å². The van der Waals surface area contributed by atoms with Gasteiger partial charge in [0.2, 0.25) is 0 Å². The van der Waals surface area contributed by atoms with Gasteiger partial charge in [0.1, 0.15) is 0 Å². The quantitative estimate of drug-likeness (QED) is 0.522. The molecule has 5 nitrogen and oxygen atoms in total. The Labute approximate surface area is 138 Å². The minimum absolute atomic E-state index is 0.0441. The van der Waals surface area contributed by atoms with Gasteiger partial charge in [-0.3, -0.25) is 10.1 Å². The van der Waals surface area contributed by atoms with Gasteiger partial charge in [0.25, 0.3) is 5.69 Å². The molecule has 0 fully saturated rings. The van der Waals surface area contributed by atoms with Crippen molar-refractivity contribution in [2.24, 2.45) is 0 Å². The molecule has 0 saturated heterocycles. The predicted octanol–water partition coefficient (Wildman–Crippen LogP) is 3.84. The lowest BCUT2D eigenvalue weighted by Gasteiger charge is -2.00. The third-order valence-electron chi connectivity index (χ3n) is 2.52. The molecule has 114 valence electrons. The van der Waals surface area contributed by atoms with Crippen LogP contribution in [-0.2, 0) is 4.74 Å². The molecule has 2 aromatic rings. The van der Waals surface area contributed by atoms with E-state index in [2.05, 4.69) is 12.2 Å². The van der Waals surface area contributed by atoms with Crippen molar-refractivity contribution in [3.63, 3.8) is 0 Å². The molecule has 0 aromatic heterocycles. The zero-order valence-electron chi connectivity index (χ0n) is 11.6. The topological polar surface area (TPSA) is 72.6 Å². The van der Waals surface area contributed by atoms with Crippen LogP contribution in [0.1, 0.15) is 11.1 Å². The Morgan fingerprint density at radius 3 is 1.95 bits per heavy atom. The number of nitro benzene ring substituents is 1. The van der Waals surface area contributed by atoms with Crippen molar-refractivity contribution < 1.29 is 14.8 Å². The van der Waals surface area contributed by atoms with Crippen LogP contribution in [0.2, 0.25) is 0 Å². The number of nitro groups is 1. The fraction of sp³-hybridized carbons (Fsp3) is 0.0667. The molecule has 0 aliphatic rings. The largest absolute Gasteiger partial charge is 0.499 e. The average Bonchev–Trinajstić information content (AvgIpc) is 2.55. The van der Waals surface area contributed by atoms with Crippen molar-refractivity contribution >= 4 is 40.2 Å². The molecule has 2 aromatic carbocycles. The molecular weight excluding hydrogens is 322 g/mol. The molecule has 0 unspecified atom stereocenters. The van der Waals surface area contributed by atoms with Crippen molar-refractivity contribution in [2.75, 3.05) is 7.11 Å². The first-order chi connectivity index (χ1) is 10.5. The van der Waals surface area contributed by atoms with Crippen LogP contribution in [0.4, 0.5) is 5.69 Å². The highest BCUT2D eigenvalue weighted by atomic mass is 32.1. The Morgan fingerprint density at radius 2 is 1.59 bits per heavy atom. The molecule has 0 aliphatic carbocycles. The Morgan fingerprint density at radius 1 is 1.05 bits per heavy atom. The Kier molecular flexibility index (Phi) is 7.07. The summed E-state index contributed by atoms with van der Waals surface area (Å²) in [6.45, 7) is 0. The Balaban J connectivity index is 0.000000235. The molecule has 0 bridgehead atoms. The summed E-state index contributed by atoms with van der Waals surface area (Å²) >= 11 is 9.36. The van der Waals surface area contributed by atoms with Gasteiger partial charge in [0.15, 0.2) is 10.1 Å². The van der Waals surface area contributed by atoms with Gasteiger partial charge in [0.05, 0.1) is 12.0 Å². The minimum atomic E-state index is -0.459. The van der Waals surface area contributed by atoms with Gasteiger partial charge in [-0.05, 0) is 36.6 Å². The summed E-state index contributed by atoms with van der Waals surface area (Å²) in [6, 6.07) is 15.0. The predicted molar refractivity (Wildman–Crippen MR) is 92.6 cm³/mol. The fourth-order valence-corrected chi connectivity index (χ4v) is 1.69. The van der Waals surface area contributed by atoms with E-state index in [1.165, 1.54) is 19.2 Å². The first kappa shape index (κ1) is 17.7. The van der Waals surface area contributed by atoms with Crippen molar-refractivity contribution in [1.29, 1.82) is 0 Å². The van der Waals surface area contributed by atoms with Gasteiger partial charge in [-0.1, -0.05) is 30.3 Å². The number of aliphatic hydroxyl groups excluding tert-OH is 1. The van der Waals surface area contributed by atoms with Gasteiger partial charge < -0.3 is 9.84 Å². The minimum Gasteiger partial charge on any atom is -0.499 e. The van der Waals surface area contributed by atoms with E-state index in [1.54, 1.807) is 24.3 Å². The van der Waals surface area contributed by atoms with Gasteiger partial charge in [-0.2, -0.15) is 0 Å². The number of rotatable bonds is 3. The smallest absolute Gasteiger partial charge is 0.269 e. The number of benzene rings is 2. The molecule has 1 N–H and O–H groups in total. The highest BCUT2D eigenvalue weighted by molar-refractivity contribution is 7.80. The van der Waals surface area contributed by atoms with Crippen LogP contribution in [-0.4, -0.2) is 27.2 Å². The number of methoxy groups -OCH3 is 1. The van der Waals surface area contributed by atoms with Crippen LogP contribution >= 0.6 is 24.4 Å². The van der Waals surface area contributed by atoms with E-state index in [-0.39, 0.29) is 10.7 Å². The van der Waals surface area contributed by atoms with E-state index in [4.69, 9.17) is 22.1 Å². The van der Waals surface area contributed by atoms with Gasteiger partial charge in [-0.15, -0.1) is 0 Å². The summed E-state index contributed by atoms with van der Waals surface area (Å²) in [5.74, 6) is 0. The van der Waals surface area contributed by atoms with Crippen LogP contribution in [0.25, 0.3) is 0 Å². The highest BCUT2D eigenvalue weighted by Crippen LogP contribution is 2.12. The van der Waals surface area contributed by atoms with Gasteiger partial charge in [0, 0.05) is 23.3 Å². The van der Waals surface area contributed by atoms with Crippen LogP contribution < -0.4 is 0 Å². The molecule has 22 heavy (non-hydrogen) atoms. The van der Waals surface area contributed by atoms with Gasteiger partial charge >= 0.3 is 0 Å². The molecule has 0 heterocycles. The number of aliphatic hydroxyl groups is 1. The molecule has 2 rings (SSSR count). The lowest BCUT2D eigenvalue weighted by molar-refractivity contribution is -0.384. The van der Waals surface area contributed by atoms with Crippen molar-refractivity contribution in [1.82, 2.24) is 0 Å². The number of hydrogen-bond donors (Lipinski definition) is 1. The molecule has 0 amide bonds. The van der Waals surface area contributed by atoms with Crippen LogP contribution in [0.15, 0.2) is 54.6 Å². The van der Waals surface area contributed by atoms with Crippen LogP contribution in [0.3, 0.4) is 0 Å². The summed E-state index contributed by atoms with van der Waals surface area (Å²) < 4.78 is 4.80. The van der Waals surface area contributed by atoms with E-state index >= 15 is 0 Å². The van der Waals surface area contributed by atoms with Crippen molar-refractivity contribution in [3.05, 3.63) is 75.8 Å². The van der Waals surface area contributed by atoms with E-state index in [0.29, 0.717) is 16.2 Å². The summed E-state index contributed by atoms with van der Waals surface area (Å²) in [5.41, 5.74) is 1.42.